The third-order valence-corrected chi connectivity index (χ3v) is 5.31. The van der Waals surface area contributed by atoms with Crippen LogP contribution in [-0.2, 0) is 16.3 Å². The highest BCUT2D eigenvalue weighted by atomic mass is 32.2. The molecular weight excluding hydrogens is 324 g/mol. The number of nitro groups is 1. The van der Waals surface area contributed by atoms with Gasteiger partial charge in [-0.3, -0.25) is 10.1 Å². The van der Waals surface area contributed by atoms with Crippen molar-refractivity contribution in [1.82, 2.24) is 0 Å². The number of rotatable bonds is 6. The van der Waals surface area contributed by atoms with Gasteiger partial charge >= 0.3 is 5.69 Å². The molecule has 0 aliphatic carbocycles. The van der Waals surface area contributed by atoms with Gasteiger partial charge in [-0.1, -0.05) is 12.1 Å². The monoisotopic (exact) mass is 340 g/mol. The van der Waals surface area contributed by atoms with Crippen LogP contribution in [0.3, 0.4) is 0 Å². The summed E-state index contributed by atoms with van der Waals surface area (Å²) >= 11 is 1.62. The van der Waals surface area contributed by atoms with Crippen LogP contribution in [-0.4, -0.2) is 33.2 Å². The van der Waals surface area contributed by atoms with E-state index >= 15 is 0 Å². The minimum absolute atomic E-state index is 0.252. The van der Waals surface area contributed by atoms with Gasteiger partial charge in [0.25, 0.3) is 0 Å². The Morgan fingerprint density at radius 3 is 2.55 bits per heavy atom. The molecule has 2 rings (SSSR count). The lowest BCUT2D eigenvalue weighted by Crippen LogP contribution is -2.21. The van der Waals surface area contributed by atoms with Crippen molar-refractivity contribution >= 4 is 32.5 Å². The minimum atomic E-state index is -3.66. The van der Waals surface area contributed by atoms with Crippen molar-refractivity contribution < 1.29 is 13.3 Å². The Morgan fingerprint density at radius 1 is 1.27 bits per heavy atom. The smallest absolute Gasteiger partial charge is 0.311 e. The fourth-order valence-corrected chi connectivity index (χ4v) is 3.71. The molecule has 6 nitrogen and oxygen atoms in total. The second-order valence-electron chi connectivity index (χ2n) is 4.90. The van der Waals surface area contributed by atoms with Gasteiger partial charge in [0.1, 0.15) is 10.6 Å². The Hall–Kier alpha value is -1.93. The average molecular weight is 340 g/mol. The largest absolute Gasteiger partial charge is 0.369 e. The van der Waals surface area contributed by atoms with E-state index in [0.717, 1.165) is 12.7 Å². The molecule has 0 aliphatic heterocycles. The number of anilines is 1. The Kier molecular flexibility index (Phi) is 4.82. The van der Waals surface area contributed by atoms with Crippen molar-refractivity contribution in [2.24, 2.45) is 0 Å². The molecule has 1 aromatic carbocycles. The molecule has 22 heavy (non-hydrogen) atoms. The molecule has 0 saturated carbocycles. The molecule has 0 bridgehead atoms. The lowest BCUT2D eigenvalue weighted by Gasteiger charge is -2.19. The predicted octanol–water partition coefficient (Wildman–Crippen LogP) is 2.74. The number of hydrogen-bond acceptors (Lipinski definition) is 6. The van der Waals surface area contributed by atoms with Crippen molar-refractivity contribution in [1.29, 1.82) is 0 Å². The maximum Gasteiger partial charge on any atom is 0.311 e. The third-order valence-electron chi connectivity index (χ3n) is 3.24. The average Bonchev–Trinajstić information content (AvgIpc) is 2.96. The van der Waals surface area contributed by atoms with Crippen LogP contribution in [0.4, 0.5) is 11.4 Å². The second-order valence-corrected chi connectivity index (χ2v) is 7.92. The van der Waals surface area contributed by atoms with Crippen molar-refractivity contribution in [3.05, 3.63) is 50.7 Å². The molecule has 0 spiro atoms. The first-order valence-corrected chi connectivity index (χ1v) is 9.29. The molecule has 0 radical (unpaired) electrons. The number of sulfone groups is 1. The van der Waals surface area contributed by atoms with Crippen molar-refractivity contribution in [2.75, 3.05) is 24.7 Å². The molecule has 1 heterocycles. The summed E-state index contributed by atoms with van der Waals surface area (Å²) in [5.41, 5.74) is -0.0526. The molecule has 0 amide bonds. The van der Waals surface area contributed by atoms with Gasteiger partial charge < -0.3 is 4.90 Å². The Balaban J connectivity index is 2.35. The van der Waals surface area contributed by atoms with Crippen LogP contribution in [0.15, 0.2) is 40.6 Å². The van der Waals surface area contributed by atoms with E-state index in [9.17, 15) is 18.5 Å². The van der Waals surface area contributed by atoms with Crippen molar-refractivity contribution in [3.8, 4) is 0 Å². The molecule has 1 aromatic heterocycles. The molecule has 0 atom stereocenters. The number of benzene rings is 1. The number of hydrogen-bond donors (Lipinski definition) is 0. The van der Waals surface area contributed by atoms with Crippen LogP contribution >= 0.6 is 11.3 Å². The van der Waals surface area contributed by atoms with E-state index in [1.54, 1.807) is 29.4 Å². The zero-order valence-electron chi connectivity index (χ0n) is 12.2. The highest BCUT2D eigenvalue weighted by Gasteiger charge is 2.27. The molecule has 0 aliphatic rings. The Labute approximate surface area is 133 Å². The lowest BCUT2D eigenvalue weighted by molar-refractivity contribution is -0.387. The molecule has 8 heteroatoms. The standard InChI is InChI=1S/C14H16N2O4S2/c1-15(9-8-11-5-4-10-21-11)12-6-3-7-13(22(2,19)20)14(12)16(17)18/h3-7,10H,8-9H2,1-2H3. The van der Waals surface area contributed by atoms with Crippen LogP contribution in [0.2, 0.25) is 0 Å². The van der Waals surface area contributed by atoms with E-state index in [-0.39, 0.29) is 10.6 Å². The van der Waals surface area contributed by atoms with E-state index in [4.69, 9.17) is 0 Å². The third kappa shape index (κ3) is 3.63. The fraction of sp³-hybridized carbons (Fsp3) is 0.286. The summed E-state index contributed by atoms with van der Waals surface area (Å²) < 4.78 is 23.5. The van der Waals surface area contributed by atoms with E-state index in [1.165, 1.54) is 17.0 Å². The molecule has 0 fully saturated rings. The number of thiophene rings is 1. The summed E-state index contributed by atoms with van der Waals surface area (Å²) in [6.07, 6.45) is 1.72. The topological polar surface area (TPSA) is 80.5 Å². The first-order chi connectivity index (χ1) is 10.3. The van der Waals surface area contributed by atoms with Crippen molar-refractivity contribution in [2.45, 2.75) is 11.3 Å². The summed E-state index contributed by atoms with van der Waals surface area (Å²) in [5.74, 6) is 0. The highest BCUT2D eigenvalue weighted by Crippen LogP contribution is 2.34. The van der Waals surface area contributed by atoms with Crippen LogP contribution in [0, 0.1) is 10.1 Å². The van der Waals surface area contributed by atoms with Gasteiger partial charge in [0.2, 0.25) is 0 Å². The zero-order valence-corrected chi connectivity index (χ0v) is 13.9. The van der Waals surface area contributed by atoms with E-state index < -0.39 is 14.8 Å². The molecule has 2 aromatic rings. The quantitative estimate of drug-likeness (QED) is 0.596. The van der Waals surface area contributed by atoms with Gasteiger partial charge in [-0.15, -0.1) is 11.3 Å². The summed E-state index contributed by atoms with van der Waals surface area (Å²) in [4.78, 5) is 13.3. The predicted molar refractivity (Wildman–Crippen MR) is 87.5 cm³/mol. The van der Waals surface area contributed by atoms with Gasteiger partial charge in [0.05, 0.1) is 4.92 Å². The second kappa shape index (κ2) is 6.45. The summed E-state index contributed by atoms with van der Waals surface area (Å²) in [6.45, 7) is 0.564. The Bertz CT molecular complexity index is 770. The summed E-state index contributed by atoms with van der Waals surface area (Å²) in [7, 11) is -1.93. The van der Waals surface area contributed by atoms with E-state index in [2.05, 4.69) is 0 Å². The van der Waals surface area contributed by atoms with Gasteiger partial charge in [-0.05, 0) is 30.0 Å². The molecular formula is C14H16N2O4S2. The number of likely N-dealkylation sites (N-methyl/N-ethyl adjacent to an activating group) is 1. The minimum Gasteiger partial charge on any atom is -0.369 e. The highest BCUT2D eigenvalue weighted by molar-refractivity contribution is 7.90. The van der Waals surface area contributed by atoms with Crippen LogP contribution < -0.4 is 4.90 Å². The lowest BCUT2D eigenvalue weighted by atomic mass is 10.2. The zero-order chi connectivity index (χ0) is 16.3. The number of para-hydroxylation sites is 1. The first kappa shape index (κ1) is 16.4. The van der Waals surface area contributed by atoms with Crippen LogP contribution in [0.1, 0.15) is 4.88 Å². The summed E-state index contributed by atoms with van der Waals surface area (Å²) in [6, 6.07) is 8.32. The summed E-state index contributed by atoms with van der Waals surface area (Å²) in [5, 5.41) is 13.3. The van der Waals surface area contributed by atoms with Gasteiger partial charge in [0, 0.05) is 24.7 Å². The van der Waals surface area contributed by atoms with Crippen LogP contribution in [0.5, 0.6) is 0 Å². The molecule has 0 N–H and O–H groups in total. The van der Waals surface area contributed by atoms with Crippen molar-refractivity contribution in [3.63, 3.8) is 0 Å². The van der Waals surface area contributed by atoms with Gasteiger partial charge in [0.15, 0.2) is 9.84 Å². The first-order valence-electron chi connectivity index (χ1n) is 6.51. The maximum absolute atomic E-state index is 11.8. The van der Waals surface area contributed by atoms with E-state index in [1.807, 2.05) is 17.5 Å². The SMILES string of the molecule is CN(CCc1cccs1)c1cccc(S(C)(=O)=O)c1[N+](=O)[O-]. The van der Waals surface area contributed by atoms with E-state index in [0.29, 0.717) is 12.2 Å². The fourth-order valence-electron chi connectivity index (χ4n) is 2.15. The van der Waals surface area contributed by atoms with Gasteiger partial charge in [-0.2, -0.15) is 0 Å². The normalized spacial score (nSPS) is 11.4. The molecule has 118 valence electrons. The number of nitrogens with zero attached hydrogens (tertiary/aromatic N) is 2. The molecule has 0 saturated heterocycles. The van der Waals surface area contributed by atoms with Gasteiger partial charge in [-0.25, -0.2) is 8.42 Å². The number of nitro benzene ring substituents is 1. The Morgan fingerprint density at radius 2 is 2.00 bits per heavy atom. The molecule has 0 unspecified atom stereocenters. The van der Waals surface area contributed by atoms with Crippen LogP contribution in [0.25, 0.3) is 0 Å². The maximum atomic E-state index is 11.8.